The molecule has 3 N–H and O–H groups in total. The lowest BCUT2D eigenvalue weighted by Gasteiger charge is -2.19. The fourth-order valence-electron chi connectivity index (χ4n) is 4.41. The molecule has 1 aliphatic heterocycles. The number of rotatable bonds is 8. The summed E-state index contributed by atoms with van der Waals surface area (Å²) in [4.78, 5) is 10.8. The summed E-state index contributed by atoms with van der Waals surface area (Å²) in [7, 11) is 0. The predicted octanol–water partition coefficient (Wildman–Crippen LogP) is 3.29. The van der Waals surface area contributed by atoms with Crippen molar-refractivity contribution in [1.82, 2.24) is 0 Å². The van der Waals surface area contributed by atoms with Gasteiger partial charge >= 0.3 is 5.97 Å². The molecule has 1 saturated carbocycles. The SMILES string of the molecule is CC#CC[C@H](C)[C@@H](O)/C=C/[C@H]1[C@H]2c3cccc(CCCC(=O)O)c3O[C@H]2C[C@@H]1O. The number of ether oxygens (including phenoxy) is 1. The topological polar surface area (TPSA) is 87.0 Å². The Bertz CT molecular complexity index is 818. The molecule has 5 nitrogen and oxygen atoms in total. The highest BCUT2D eigenvalue weighted by Crippen LogP contribution is 2.52. The van der Waals surface area contributed by atoms with Crippen LogP contribution in [0.3, 0.4) is 0 Å². The van der Waals surface area contributed by atoms with Gasteiger partial charge in [0.05, 0.1) is 12.2 Å². The molecule has 3 rings (SSSR count). The average molecular weight is 398 g/mol. The van der Waals surface area contributed by atoms with Crippen LogP contribution >= 0.6 is 0 Å². The molecule has 1 heterocycles. The predicted molar refractivity (Wildman–Crippen MR) is 111 cm³/mol. The summed E-state index contributed by atoms with van der Waals surface area (Å²) < 4.78 is 6.21. The van der Waals surface area contributed by atoms with Gasteiger partial charge in [-0.15, -0.1) is 11.8 Å². The molecule has 2 aliphatic rings. The van der Waals surface area contributed by atoms with Crippen LogP contribution in [0.1, 0.15) is 56.6 Å². The minimum Gasteiger partial charge on any atom is -0.489 e. The molecule has 156 valence electrons. The maximum absolute atomic E-state index is 10.8. The third-order valence-corrected chi connectivity index (χ3v) is 6.04. The number of hydrogen-bond donors (Lipinski definition) is 3. The zero-order valence-electron chi connectivity index (χ0n) is 17.0. The van der Waals surface area contributed by atoms with E-state index in [0.717, 1.165) is 16.9 Å². The number of aryl methyl sites for hydroxylation is 1. The van der Waals surface area contributed by atoms with Crippen LogP contribution in [0, 0.1) is 23.7 Å². The molecule has 0 amide bonds. The first-order valence-electron chi connectivity index (χ1n) is 10.4. The van der Waals surface area contributed by atoms with Crippen molar-refractivity contribution in [2.75, 3.05) is 0 Å². The van der Waals surface area contributed by atoms with Gasteiger partial charge in [0.15, 0.2) is 0 Å². The summed E-state index contributed by atoms with van der Waals surface area (Å²) in [6, 6.07) is 6.01. The number of benzene rings is 1. The van der Waals surface area contributed by atoms with E-state index in [1.54, 1.807) is 13.0 Å². The van der Waals surface area contributed by atoms with Gasteiger partial charge < -0.3 is 20.1 Å². The Kier molecular flexibility index (Phi) is 7.00. The number of para-hydroxylation sites is 1. The van der Waals surface area contributed by atoms with Gasteiger partial charge in [0.2, 0.25) is 0 Å². The van der Waals surface area contributed by atoms with Crippen LogP contribution in [0.15, 0.2) is 30.4 Å². The van der Waals surface area contributed by atoms with Gasteiger partial charge in [-0.3, -0.25) is 4.79 Å². The van der Waals surface area contributed by atoms with E-state index >= 15 is 0 Å². The van der Waals surface area contributed by atoms with Crippen LogP contribution in [0.5, 0.6) is 5.75 Å². The number of aliphatic hydroxyl groups is 2. The molecule has 0 bridgehead atoms. The molecule has 0 radical (unpaired) electrons. The minimum atomic E-state index is -0.790. The fourth-order valence-corrected chi connectivity index (χ4v) is 4.41. The van der Waals surface area contributed by atoms with Crippen molar-refractivity contribution in [1.29, 1.82) is 0 Å². The van der Waals surface area contributed by atoms with Gasteiger partial charge in [-0.1, -0.05) is 37.3 Å². The Balaban J connectivity index is 1.75. The average Bonchev–Trinajstić information content (AvgIpc) is 3.19. The Morgan fingerprint density at radius 1 is 1.41 bits per heavy atom. The zero-order valence-corrected chi connectivity index (χ0v) is 17.0. The maximum Gasteiger partial charge on any atom is 0.303 e. The highest BCUT2D eigenvalue weighted by atomic mass is 16.5. The minimum absolute atomic E-state index is 0.0287. The second kappa shape index (κ2) is 9.47. The Labute approximate surface area is 172 Å². The van der Waals surface area contributed by atoms with Gasteiger partial charge in [0, 0.05) is 36.7 Å². The maximum atomic E-state index is 10.8. The van der Waals surface area contributed by atoms with E-state index in [4.69, 9.17) is 9.84 Å². The van der Waals surface area contributed by atoms with Crippen molar-refractivity contribution in [2.24, 2.45) is 11.8 Å². The quantitative estimate of drug-likeness (QED) is 0.462. The fraction of sp³-hybridized carbons (Fsp3) is 0.542. The lowest BCUT2D eigenvalue weighted by Crippen LogP contribution is -2.19. The lowest BCUT2D eigenvalue weighted by atomic mass is 9.86. The molecule has 29 heavy (non-hydrogen) atoms. The standard InChI is InChI=1S/C24H30O5/c1-3-4-7-15(2)19(25)13-12-17-20(26)14-21-23(17)18-10-5-8-16(24(18)29-21)9-6-11-22(27)28/h5,8,10,12-13,15,17,19-21,23,25-26H,6-7,9,11,14H2,1-2H3,(H,27,28)/b13-12+/t15-,17+,19-,20-,21-,23-/m0/s1. The molecule has 1 aliphatic carbocycles. The van der Waals surface area contributed by atoms with Gasteiger partial charge in [-0.2, -0.15) is 0 Å². The van der Waals surface area contributed by atoms with Crippen LogP contribution in [-0.2, 0) is 11.2 Å². The van der Waals surface area contributed by atoms with Gasteiger partial charge in [-0.05, 0) is 31.2 Å². The Hall–Kier alpha value is -2.29. The third kappa shape index (κ3) is 4.83. The molecule has 0 saturated heterocycles. The summed E-state index contributed by atoms with van der Waals surface area (Å²) in [5.41, 5.74) is 2.11. The largest absolute Gasteiger partial charge is 0.489 e. The van der Waals surface area contributed by atoms with Gasteiger partial charge in [0.25, 0.3) is 0 Å². The monoisotopic (exact) mass is 398 g/mol. The van der Waals surface area contributed by atoms with E-state index in [0.29, 0.717) is 25.7 Å². The lowest BCUT2D eigenvalue weighted by molar-refractivity contribution is -0.137. The zero-order chi connectivity index (χ0) is 21.0. The molecular formula is C24H30O5. The Morgan fingerprint density at radius 3 is 2.93 bits per heavy atom. The first-order valence-corrected chi connectivity index (χ1v) is 10.4. The van der Waals surface area contributed by atoms with E-state index in [1.165, 1.54) is 0 Å². The summed E-state index contributed by atoms with van der Waals surface area (Å²) in [5, 5.41) is 29.9. The van der Waals surface area contributed by atoms with Crippen molar-refractivity contribution in [3.8, 4) is 17.6 Å². The molecule has 1 aromatic rings. The summed E-state index contributed by atoms with van der Waals surface area (Å²) in [5.74, 6) is 5.87. The van der Waals surface area contributed by atoms with E-state index in [-0.39, 0.29) is 30.3 Å². The molecule has 0 aromatic heterocycles. The first-order chi connectivity index (χ1) is 13.9. The molecule has 1 aromatic carbocycles. The van der Waals surface area contributed by atoms with Crippen molar-refractivity contribution in [3.63, 3.8) is 0 Å². The van der Waals surface area contributed by atoms with Crippen LogP contribution in [0.25, 0.3) is 0 Å². The number of carboxylic acid groups (broad SMARTS) is 1. The summed E-state index contributed by atoms with van der Waals surface area (Å²) in [6.07, 6.45) is 5.07. The van der Waals surface area contributed by atoms with Crippen molar-refractivity contribution in [3.05, 3.63) is 41.5 Å². The molecule has 1 fully saturated rings. The van der Waals surface area contributed by atoms with Crippen LogP contribution in [-0.4, -0.2) is 39.6 Å². The highest BCUT2D eigenvalue weighted by molar-refractivity contribution is 5.66. The van der Waals surface area contributed by atoms with E-state index in [9.17, 15) is 15.0 Å². The smallest absolute Gasteiger partial charge is 0.303 e. The number of aliphatic hydroxyl groups excluding tert-OH is 2. The van der Waals surface area contributed by atoms with Crippen LogP contribution in [0.2, 0.25) is 0 Å². The number of hydrogen-bond acceptors (Lipinski definition) is 4. The molecule has 0 spiro atoms. The number of carbonyl (C=O) groups is 1. The Morgan fingerprint density at radius 2 is 2.21 bits per heavy atom. The van der Waals surface area contributed by atoms with Gasteiger partial charge in [-0.25, -0.2) is 0 Å². The van der Waals surface area contributed by atoms with Crippen molar-refractivity contribution < 1.29 is 24.9 Å². The van der Waals surface area contributed by atoms with Gasteiger partial charge in [0.1, 0.15) is 11.9 Å². The van der Waals surface area contributed by atoms with E-state index in [1.807, 2.05) is 31.2 Å². The summed E-state index contributed by atoms with van der Waals surface area (Å²) >= 11 is 0. The van der Waals surface area contributed by atoms with Crippen LogP contribution in [0.4, 0.5) is 0 Å². The second-order valence-corrected chi connectivity index (χ2v) is 8.13. The van der Waals surface area contributed by atoms with Crippen molar-refractivity contribution >= 4 is 5.97 Å². The second-order valence-electron chi connectivity index (χ2n) is 8.13. The van der Waals surface area contributed by atoms with E-state index in [2.05, 4.69) is 11.8 Å². The molecule has 0 unspecified atom stereocenters. The first kappa shape index (κ1) is 21.4. The summed E-state index contributed by atoms with van der Waals surface area (Å²) in [6.45, 7) is 3.75. The van der Waals surface area contributed by atoms with Crippen molar-refractivity contribution in [2.45, 2.75) is 70.2 Å². The number of aliphatic carboxylic acids is 1. The molecule has 6 atom stereocenters. The molecule has 5 heteroatoms. The van der Waals surface area contributed by atoms with Crippen LogP contribution < -0.4 is 4.74 Å². The van der Waals surface area contributed by atoms with E-state index < -0.39 is 18.2 Å². The normalized spacial score (nSPS) is 26.9. The highest BCUT2D eigenvalue weighted by Gasteiger charge is 2.48. The third-order valence-electron chi connectivity index (χ3n) is 6.04. The number of carboxylic acids is 1. The molecular weight excluding hydrogens is 368 g/mol. The number of fused-ring (bicyclic) bond motifs is 3.